The van der Waals surface area contributed by atoms with Gasteiger partial charge in [-0.25, -0.2) is 0 Å². The first kappa shape index (κ1) is 14.0. The molecular weight excluding hydrogens is 243 g/mol. The Kier molecular flexibility index (Phi) is 4.42. The molecule has 1 aromatic rings. The summed E-state index contributed by atoms with van der Waals surface area (Å²) in [7, 11) is -2.59. The van der Waals surface area contributed by atoms with Gasteiger partial charge in [0.1, 0.15) is 0 Å². The van der Waals surface area contributed by atoms with Crippen molar-refractivity contribution >= 4 is 12.4 Å². The molecule has 0 N–H and O–H groups in total. The molecule has 1 aliphatic rings. The molecular formula is C15H25O2P. The molecule has 0 amide bonds. The van der Waals surface area contributed by atoms with E-state index in [0.717, 1.165) is 25.5 Å². The van der Waals surface area contributed by atoms with E-state index in [0.29, 0.717) is 0 Å². The summed E-state index contributed by atoms with van der Waals surface area (Å²) < 4.78 is 12.8. The third-order valence-electron chi connectivity index (χ3n) is 3.91. The van der Waals surface area contributed by atoms with Crippen molar-refractivity contribution in [3.05, 3.63) is 30.3 Å². The minimum atomic E-state index is -2.59. The van der Waals surface area contributed by atoms with Crippen LogP contribution < -0.4 is 5.30 Å². The van der Waals surface area contributed by atoms with E-state index in [4.69, 9.17) is 9.05 Å². The van der Waals surface area contributed by atoms with Crippen LogP contribution in [0.15, 0.2) is 30.3 Å². The van der Waals surface area contributed by atoms with Crippen molar-refractivity contribution in [2.45, 2.75) is 33.1 Å². The van der Waals surface area contributed by atoms with Crippen LogP contribution in [0.5, 0.6) is 0 Å². The van der Waals surface area contributed by atoms with E-state index in [-0.39, 0.29) is 0 Å². The summed E-state index contributed by atoms with van der Waals surface area (Å²) in [5, 5.41) is 1.31. The molecule has 0 radical (unpaired) electrons. The summed E-state index contributed by atoms with van der Waals surface area (Å²) in [6.45, 7) is 5.66. The molecule has 18 heavy (non-hydrogen) atoms. The standard InChI is InChI=1S/C15H25O2P/c1-3-16-18(17-4-2,13-9-6-10-14-18)15-11-7-5-8-12-15/h5,7-8,11-12H,3-4,6,9-10,13-14H2,1-2H3. The van der Waals surface area contributed by atoms with Gasteiger partial charge in [0, 0.05) is 0 Å². The number of benzene rings is 1. The van der Waals surface area contributed by atoms with Gasteiger partial charge in [-0.3, -0.25) is 0 Å². The fourth-order valence-electron chi connectivity index (χ4n) is 3.22. The van der Waals surface area contributed by atoms with Crippen molar-refractivity contribution in [1.29, 1.82) is 0 Å². The first-order chi connectivity index (χ1) is 8.75. The second-order valence-corrected chi connectivity index (χ2v) is 9.55. The van der Waals surface area contributed by atoms with Gasteiger partial charge < -0.3 is 0 Å². The minimum absolute atomic E-state index is 0.743. The molecule has 2 rings (SSSR count). The van der Waals surface area contributed by atoms with Crippen molar-refractivity contribution < 1.29 is 9.05 Å². The maximum atomic E-state index is 6.39. The molecule has 0 unspecified atom stereocenters. The van der Waals surface area contributed by atoms with E-state index < -0.39 is 7.06 Å². The summed E-state index contributed by atoms with van der Waals surface area (Å²) in [5.41, 5.74) is 0. The third-order valence-corrected chi connectivity index (χ3v) is 9.52. The average Bonchev–Trinajstić information content (AvgIpc) is 2.42. The summed E-state index contributed by atoms with van der Waals surface area (Å²) in [6, 6.07) is 10.7. The predicted molar refractivity (Wildman–Crippen MR) is 79.8 cm³/mol. The van der Waals surface area contributed by atoms with Gasteiger partial charge in [0.05, 0.1) is 0 Å². The first-order valence-electron chi connectivity index (χ1n) is 7.12. The summed E-state index contributed by atoms with van der Waals surface area (Å²) in [5.74, 6) is 0. The molecule has 0 bridgehead atoms. The van der Waals surface area contributed by atoms with Crippen LogP contribution in [0.4, 0.5) is 0 Å². The number of rotatable bonds is 5. The second kappa shape index (κ2) is 5.69. The van der Waals surface area contributed by atoms with Crippen molar-refractivity contribution in [1.82, 2.24) is 0 Å². The molecule has 2 nitrogen and oxygen atoms in total. The zero-order valence-corrected chi connectivity index (χ0v) is 12.5. The first-order valence-corrected chi connectivity index (χ1v) is 9.57. The van der Waals surface area contributed by atoms with Gasteiger partial charge in [-0.05, 0) is 0 Å². The molecule has 0 aliphatic carbocycles. The molecule has 1 heterocycles. The second-order valence-electron chi connectivity index (χ2n) is 4.99. The Bertz CT molecular complexity index is 350. The molecule has 1 aromatic carbocycles. The van der Waals surface area contributed by atoms with Gasteiger partial charge in [0.2, 0.25) is 0 Å². The van der Waals surface area contributed by atoms with E-state index >= 15 is 0 Å². The number of hydrogen-bond donors (Lipinski definition) is 0. The normalized spacial score (nSPS) is 24.0. The number of hydrogen-bond acceptors (Lipinski definition) is 2. The molecule has 0 spiro atoms. The van der Waals surface area contributed by atoms with E-state index in [9.17, 15) is 0 Å². The monoisotopic (exact) mass is 268 g/mol. The Labute approximate surface area is 111 Å². The van der Waals surface area contributed by atoms with Crippen molar-refractivity contribution in [2.24, 2.45) is 0 Å². The molecule has 102 valence electrons. The van der Waals surface area contributed by atoms with Gasteiger partial charge in [-0.1, -0.05) is 0 Å². The van der Waals surface area contributed by atoms with Gasteiger partial charge in [-0.15, -0.1) is 0 Å². The fourth-order valence-corrected chi connectivity index (χ4v) is 8.61. The van der Waals surface area contributed by atoms with Gasteiger partial charge in [-0.2, -0.15) is 0 Å². The van der Waals surface area contributed by atoms with Gasteiger partial charge in [0.15, 0.2) is 0 Å². The molecule has 0 aromatic heterocycles. The summed E-state index contributed by atoms with van der Waals surface area (Å²) >= 11 is 0. The fraction of sp³-hybridized carbons (Fsp3) is 0.600. The molecule has 1 fully saturated rings. The SMILES string of the molecule is CCOP1(OCC)(c2ccccc2)CCCCC1. The third kappa shape index (κ3) is 2.34. The predicted octanol–water partition coefficient (Wildman–Crippen LogP) is 3.95. The van der Waals surface area contributed by atoms with Crippen molar-refractivity contribution in [3.63, 3.8) is 0 Å². The zero-order valence-electron chi connectivity index (χ0n) is 11.6. The Morgan fingerprint density at radius 1 is 0.889 bits per heavy atom. The van der Waals surface area contributed by atoms with Crippen LogP contribution >= 0.6 is 7.06 Å². The van der Waals surface area contributed by atoms with Crippen LogP contribution in [0.3, 0.4) is 0 Å². The van der Waals surface area contributed by atoms with E-state index in [1.165, 1.54) is 24.6 Å². The molecule has 1 aliphatic heterocycles. The summed E-state index contributed by atoms with van der Waals surface area (Å²) in [6.07, 6.45) is 5.96. The van der Waals surface area contributed by atoms with Crippen molar-refractivity contribution in [3.8, 4) is 0 Å². The topological polar surface area (TPSA) is 18.5 Å². The van der Waals surface area contributed by atoms with Gasteiger partial charge >= 0.3 is 110 Å². The van der Waals surface area contributed by atoms with Gasteiger partial charge in [0.25, 0.3) is 0 Å². The van der Waals surface area contributed by atoms with Crippen LogP contribution in [0.2, 0.25) is 0 Å². The van der Waals surface area contributed by atoms with Crippen LogP contribution in [0, 0.1) is 0 Å². The maximum absolute atomic E-state index is 6.39. The van der Waals surface area contributed by atoms with Crippen LogP contribution in [0.25, 0.3) is 0 Å². The molecule has 1 saturated heterocycles. The Morgan fingerprint density at radius 2 is 1.44 bits per heavy atom. The van der Waals surface area contributed by atoms with E-state index in [1.54, 1.807) is 0 Å². The van der Waals surface area contributed by atoms with E-state index in [2.05, 4.69) is 44.2 Å². The van der Waals surface area contributed by atoms with Crippen LogP contribution in [0.1, 0.15) is 33.1 Å². The van der Waals surface area contributed by atoms with Crippen LogP contribution in [-0.4, -0.2) is 25.5 Å². The average molecular weight is 268 g/mol. The molecule has 0 atom stereocenters. The Hall–Kier alpha value is -0.430. The van der Waals surface area contributed by atoms with Crippen molar-refractivity contribution in [2.75, 3.05) is 25.5 Å². The quantitative estimate of drug-likeness (QED) is 0.753. The Morgan fingerprint density at radius 3 is 1.94 bits per heavy atom. The molecule has 0 saturated carbocycles. The van der Waals surface area contributed by atoms with Crippen LogP contribution in [-0.2, 0) is 9.05 Å². The zero-order chi connectivity index (χ0) is 12.9. The summed E-state index contributed by atoms with van der Waals surface area (Å²) in [4.78, 5) is 0. The van der Waals surface area contributed by atoms with E-state index in [1.807, 2.05) is 0 Å². The molecule has 3 heteroatoms. The Balaban J connectivity index is 2.48.